The third-order valence-corrected chi connectivity index (χ3v) is 6.28. The third-order valence-electron chi connectivity index (χ3n) is 4.12. The van der Waals surface area contributed by atoms with Crippen molar-refractivity contribution in [3.63, 3.8) is 0 Å². The maximum absolute atomic E-state index is 12.3. The number of aromatic nitrogens is 2. The van der Waals surface area contributed by atoms with Gasteiger partial charge in [-0.3, -0.25) is 4.79 Å². The van der Waals surface area contributed by atoms with E-state index in [4.69, 9.17) is 4.52 Å². The SMILES string of the molecule is O=C(NCc1nc(C2CCSCC2)no1)c1cc2ccccc2s1. The van der Waals surface area contributed by atoms with Crippen molar-refractivity contribution in [3.05, 3.63) is 46.9 Å². The second kappa shape index (κ2) is 6.94. The van der Waals surface area contributed by atoms with E-state index in [1.807, 2.05) is 42.1 Å². The van der Waals surface area contributed by atoms with Gasteiger partial charge in [0.05, 0.1) is 11.4 Å². The molecular weight excluding hydrogens is 342 g/mol. The number of benzene rings is 1. The number of nitrogens with zero attached hydrogens (tertiary/aromatic N) is 2. The highest BCUT2D eigenvalue weighted by atomic mass is 32.2. The number of thiophene rings is 1. The van der Waals surface area contributed by atoms with E-state index in [0.29, 0.717) is 16.7 Å². The van der Waals surface area contributed by atoms with Gasteiger partial charge in [-0.25, -0.2) is 0 Å². The molecule has 1 N–H and O–H groups in total. The molecule has 3 aromatic rings. The quantitative estimate of drug-likeness (QED) is 0.767. The van der Waals surface area contributed by atoms with E-state index in [1.165, 1.54) is 11.3 Å². The topological polar surface area (TPSA) is 68.0 Å². The molecule has 0 radical (unpaired) electrons. The van der Waals surface area contributed by atoms with Gasteiger partial charge in [0.2, 0.25) is 5.89 Å². The average molecular weight is 359 g/mol. The van der Waals surface area contributed by atoms with Crippen LogP contribution in [0, 0.1) is 0 Å². The van der Waals surface area contributed by atoms with E-state index in [1.54, 1.807) is 0 Å². The molecule has 1 aromatic carbocycles. The first-order chi connectivity index (χ1) is 11.8. The highest BCUT2D eigenvalue weighted by Gasteiger charge is 2.21. The molecule has 24 heavy (non-hydrogen) atoms. The number of carbonyl (C=O) groups is 1. The number of amides is 1. The number of fused-ring (bicyclic) bond motifs is 1. The maximum Gasteiger partial charge on any atom is 0.261 e. The summed E-state index contributed by atoms with van der Waals surface area (Å²) in [7, 11) is 0. The number of carbonyl (C=O) groups excluding carboxylic acids is 1. The van der Waals surface area contributed by atoms with E-state index in [2.05, 4.69) is 15.5 Å². The molecule has 3 heterocycles. The third kappa shape index (κ3) is 3.32. The summed E-state index contributed by atoms with van der Waals surface area (Å²) in [5.74, 6) is 3.83. The van der Waals surface area contributed by atoms with E-state index in [-0.39, 0.29) is 12.5 Å². The summed E-state index contributed by atoms with van der Waals surface area (Å²) in [6.45, 7) is 0.265. The maximum atomic E-state index is 12.3. The molecule has 0 atom stereocenters. The first kappa shape index (κ1) is 15.7. The molecule has 1 saturated heterocycles. The van der Waals surface area contributed by atoms with E-state index in [0.717, 1.165) is 40.3 Å². The second-order valence-corrected chi connectivity index (χ2v) is 8.07. The van der Waals surface area contributed by atoms with Crippen LogP contribution in [0.5, 0.6) is 0 Å². The van der Waals surface area contributed by atoms with E-state index < -0.39 is 0 Å². The summed E-state index contributed by atoms with van der Waals surface area (Å²) in [4.78, 5) is 17.4. The molecule has 0 unspecified atom stereocenters. The minimum absolute atomic E-state index is 0.106. The van der Waals surface area contributed by atoms with Crippen LogP contribution in [0.1, 0.15) is 40.1 Å². The minimum atomic E-state index is -0.106. The van der Waals surface area contributed by atoms with Gasteiger partial charge in [0.1, 0.15) is 0 Å². The van der Waals surface area contributed by atoms with Crippen molar-refractivity contribution in [2.45, 2.75) is 25.3 Å². The minimum Gasteiger partial charge on any atom is -0.342 e. The lowest BCUT2D eigenvalue weighted by atomic mass is 10.0. The van der Waals surface area contributed by atoms with Crippen LogP contribution < -0.4 is 5.32 Å². The molecular formula is C17H17N3O2S2. The Morgan fingerprint density at radius 3 is 2.96 bits per heavy atom. The van der Waals surface area contributed by atoms with Crippen LogP contribution in [0.3, 0.4) is 0 Å². The number of hydrogen-bond acceptors (Lipinski definition) is 6. The predicted octanol–water partition coefficient (Wildman–Crippen LogP) is 3.82. The van der Waals surface area contributed by atoms with Crippen LogP contribution in [0.15, 0.2) is 34.9 Å². The van der Waals surface area contributed by atoms with Crippen LogP contribution >= 0.6 is 23.1 Å². The fraction of sp³-hybridized carbons (Fsp3) is 0.353. The van der Waals surface area contributed by atoms with Gasteiger partial charge in [-0.15, -0.1) is 11.3 Å². The van der Waals surface area contributed by atoms with Crippen LogP contribution in [0.25, 0.3) is 10.1 Å². The van der Waals surface area contributed by atoms with Crippen molar-refractivity contribution in [3.8, 4) is 0 Å². The summed E-state index contributed by atoms with van der Waals surface area (Å²) in [6.07, 6.45) is 2.19. The Kier molecular flexibility index (Phi) is 4.53. The molecule has 7 heteroatoms. The van der Waals surface area contributed by atoms with Gasteiger partial charge in [-0.2, -0.15) is 16.7 Å². The molecule has 1 aliphatic rings. The molecule has 0 saturated carbocycles. The summed E-state index contributed by atoms with van der Waals surface area (Å²) in [5, 5.41) is 8.03. The van der Waals surface area contributed by atoms with Crippen molar-refractivity contribution in [2.24, 2.45) is 0 Å². The monoisotopic (exact) mass is 359 g/mol. The molecule has 1 aliphatic heterocycles. The Balaban J connectivity index is 1.39. The normalized spacial score (nSPS) is 15.7. The standard InChI is InChI=1S/C17H17N3O2S2/c21-17(14-9-12-3-1-2-4-13(12)24-14)18-10-15-19-16(20-22-15)11-5-7-23-8-6-11/h1-4,9,11H,5-8,10H2,(H,18,21). The summed E-state index contributed by atoms with van der Waals surface area (Å²) in [5.41, 5.74) is 0. The summed E-state index contributed by atoms with van der Waals surface area (Å²) < 4.78 is 6.39. The molecule has 0 bridgehead atoms. The van der Waals surface area contributed by atoms with Gasteiger partial charge < -0.3 is 9.84 Å². The lowest BCUT2D eigenvalue weighted by molar-refractivity contribution is 0.0950. The van der Waals surface area contributed by atoms with E-state index >= 15 is 0 Å². The molecule has 0 aliphatic carbocycles. The lowest BCUT2D eigenvalue weighted by Gasteiger charge is -2.17. The van der Waals surface area contributed by atoms with Crippen molar-refractivity contribution < 1.29 is 9.32 Å². The smallest absolute Gasteiger partial charge is 0.261 e. The predicted molar refractivity (Wildman–Crippen MR) is 96.6 cm³/mol. The fourth-order valence-corrected chi connectivity index (χ4v) is 4.88. The van der Waals surface area contributed by atoms with Gasteiger partial charge in [0, 0.05) is 10.6 Å². The number of rotatable bonds is 4. The zero-order valence-electron chi connectivity index (χ0n) is 13.0. The Morgan fingerprint density at radius 2 is 2.12 bits per heavy atom. The molecule has 0 spiro atoms. The highest BCUT2D eigenvalue weighted by molar-refractivity contribution is 7.99. The summed E-state index contributed by atoms with van der Waals surface area (Å²) in [6, 6.07) is 9.89. The lowest BCUT2D eigenvalue weighted by Crippen LogP contribution is -2.22. The van der Waals surface area contributed by atoms with E-state index in [9.17, 15) is 4.79 Å². The van der Waals surface area contributed by atoms with Crippen LogP contribution in [-0.2, 0) is 6.54 Å². The molecule has 5 nitrogen and oxygen atoms in total. The average Bonchev–Trinajstić information content (AvgIpc) is 3.27. The Hall–Kier alpha value is -1.86. The van der Waals surface area contributed by atoms with Gasteiger partial charge in [0.25, 0.3) is 5.91 Å². The Bertz CT molecular complexity index is 819. The van der Waals surface area contributed by atoms with Gasteiger partial charge >= 0.3 is 0 Å². The van der Waals surface area contributed by atoms with Crippen molar-refractivity contribution in [1.82, 2.24) is 15.5 Å². The van der Waals surface area contributed by atoms with Crippen molar-refractivity contribution in [2.75, 3.05) is 11.5 Å². The van der Waals surface area contributed by atoms with Crippen LogP contribution in [0.4, 0.5) is 0 Å². The van der Waals surface area contributed by atoms with Crippen molar-refractivity contribution in [1.29, 1.82) is 0 Å². The van der Waals surface area contributed by atoms with Crippen molar-refractivity contribution >= 4 is 39.1 Å². The fourth-order valence-electron chi connectivity index (χ4n) is 2.80. The van der Waals surface area contributed by atoms with Gasteiger partial charge in [-0.1, -0.05) is 23.4 Å². The molecule has 4 rings (SSSR count). The zero-order valence-corrected chi connectivity index (χ0v) is 14.7. The largest absolute Gasteiger partial charge is 0.342 e. The van der Waals surface area contributed by atoms with Gasteiger partial charge in [-0.05, 0) is 41.9 Å². The Labute approximate surface area is 147 Å². The first-order valence-electron chi connectivity index (χ1n) is 7.96. The molecule has 1 fully saturated rings. The number of hydrogen-bond donors (Lipinski definition) is 1. The highest BCUT2D eigenvalue weighted by Crippen LogP contribution is 2.29. The first-order valence-corrected chi connectivity index (χ1v) is 9.94. The second-order valence-electron chi connectivity index (χ2n) is 5.76. The Morgan fingerprint density at radius 1 is 1.29 bits per heavy atom. The summed E-state index contributed by atoms with van der Waals surface area (Å²) >= 11 is 3.46. The van der Waals surface area contributed by atoms with Crippen LogP contribution in [-0.4, -0.2) is 27.6 Å². The zero-order chi connectivity index (χ0) is 16.4. The molecule has 2 aromatic heterocycles. The molecule has 1 amide bonds. The number of nitrogens with one attached hydrogen (secondary N) is 1. The van der Waals surface area contributed by atoms with Gasteiger partial charge in [0.15, 0.2) is 5.82 Å². The van der Waals surface area contributed by atoms with Crippen LogP contribution in [0.2, 0.25) is 0 Å². The molecule has 124 valence electrons. The number of thioether (sulfide) groups is 1.